The van der Waals surface area contributed by atoms with Crippen LogP contribution in [0.2, 0.25) is 0 Å². The van der Waals surface area contributed by atoms with Gasteiger partial charge < -0.3 is 5.32 Å². The number of halogens is 3. The number of benzene rings is 2. The fraction of sp³-hybridized carbons (Fsp3) is 0.381. The Morgan fingerprint density at radius 3 is 2.56 bits per heavy atom. The quantitative estimate of drug-likeness (QED) is 0.826. The number of alkyl halides is 3. The Kier molecular flexibility index (Phi) is 5.85. The number of anilines is 1. The topological polar surface area (TPSA) is 32.3 Å². The summed E-state index contributed by atoms with van der Waals surface area (Å²) in [5, 5.41) is 2.49. The molecule has 3 nitrogen and oxygen atoms in total. The number of nitrogens with one attached hydrogen (secondary N) is 1. The molecule has 1 unspecified atom stereocenters. The third kappa shape index (κ3) is 5.10. The van der Waals surface area contributed by atoms with Crippen molar-refractivity contribution in [2.24, 2.45) is 5.92 Å². The Bertz CT molecular complexity index is 787. The van der Waals surface area contributed by atoms with E-state index in [0.29, 0.717) is 13.0 Å². The van der Waals surface area contributed by atoms with Crippen LogP contribution in [0.4, 0.5) is 18.9 Å². The van der Waals surface area contributed by atoms with Crippen LogP contribution in [0.5, 0.6) is 0 Å². The number of piperidine rings is 1. The third-order valence-corrected chi connectivity index (χ3v) is 4.89. The van der Waals surface area contributed by atoms with Crippen LogP contribution in [0, 0.1) is 12.8 Å². The fourth-order valence-electron chi connectivity index (χ4n) is 3.44. The van der Waals surface area contributed by atoms with E-state index in [2.05, 4.69) is 34.5 Å². The molecule has 0 aromatic heterocycles. The van der Waals surface area contributed by atoms with Crippen LogP contribution in [0.15, 0.2) is 48.5 Å². The average molecular weight is 376 g/mol. The van der Waals surface area contributed by atoms with E-state index in [1.165, 1.54) is 29.3 Å². The lowest BCUT2D eigenvalue weighted by atomic mass is 9.96. The molecule has 0 spiro atoms. The van der Waals surface area contributed by atoms with Gasteiger partial charge in [-0.05, 0) is 44.0 Å². The molecule has 1 saturated heterocycles. The van der Waals surface area contributed by atoms with E-state index in [9.17, 15) is 18.0 Å². The lowest BCUT2D eigenvalue weighted by Crippen LogP contribution is -2.40. The van der Waals surface area contributed by atoms with Crippen LogP contribution < -0.4 is 5.32 Å². The van der Waals surface area contributed by atoms with Crippen LogP contribution in [0.25, 0.3) is 0 Å². The number of carbonyl (C=O) groups is 1. The lowest BCUT2D eigenvalue weighted by Gasteiger charge is -2.32. The fourth-order valence-corrected chi connectivity index (χ4v) is 3.44. The van der Waals surface area contributed by atoms with Crippen molar-refractivity contribution in [2.45, 2.75) is 32.5 Å². The van der Waals surface area contributed by atoms with Crippen molar-refractivity contribution in [1.82, 2.24) is 4.90 Å². The summed E-state index contributed by atoms with van der Waals surface area (Å²) in [6.45, 7) is 4.21. The second kappa shape index (κ2) is 8.13. The van der Waals surface area contributed by atoms with E-state index in [0.717, 1.165) is 25.6 Å². The molecule has 0 bridgehead atoms. The summed E-state index contributed by atoms with van der Waals surface area (Å²) in [7, 11) is 0. The molecule has 144 valence electrons. The molecule has 1 aliphatic rings. The van der Waals surface area contributed by atoms with Gasteiger partial charge in [-0.1, -0.05) is 42.0 Å². The van der Waals surface area contributed by atoms with Gasteiger partial charge in [-0.3, -0.25) is 9.69 Å². The Morgan fingerprint density at radius 1 is 1.15 bits per heavy atom. The zero-order chi connectivity index (χ0) is 19.4. The maximum absolute atomic E-state index is 13.1. The van der Waals surface area contributed by atoms with Crippen LogP contribution >= 0.6 is 0 Å². The van der Waals surface area contributed by atoms with E-state index in [-0.39, 0.29) is 17.5 Å². The van der Waals surface area contributed by atoms with Crippen molar-refractivity contribution in [3.8, 4) is 0 Å². The minimum atomic E-state index is -4.49. The first-order valence-corrected chi connectivity index (χ1v) is 9.08. The second-order valence-corrected chi connectivity index (χ2v) is 7.09. The van der Waals surface area contributed by atoms with E-state index in [1.807, 2.05) is 6.92 Å². The molecule has 0 radical (unpaired) electrons. The minimum absolute atomic E-state index is 0.175. The Balaban J connectivity index is 1.64. The number of likely N-dealkylation sites (tertiary alicyclic amines) is 1. The van der Waals surface area contributed by atoms with Crippen molar-refractivity contribution < 1.29 is 18.0 Å². The molecule has 1 amide bonds. The first kappa shape index (κ1) is 19.4. The molecule has 1 aliphatic heterocycles. The van der Waals surface area contributed by atoms with Crippen molar-refractivity contribution >= 4 is 11.6 Å². The van der Waals surface area contributed by atoms with Crippen LogP contribution in [-0.4, -0.2) is 23.9 Å². The molecule has 1 N–H and O–H groups in total. The van der Waals surface area contributed by atoms with Gasteiger partial charge in [0.05, 0.1) is 17.2 Å². The molecule has 3 rings (SSSR count). The Morgan fingerprint density at radius 2 is 1.85 bits per heavy atom. The first-order chi connectivity index (χ1) is 12.8. The Labute approximate surface area is 157 Å². The van der Waals surface area contributed by atoms with Crippen LogP contribution in [0.3, 0.4) is 0 Å². The molecule has 1 fully saturated rings. The number of nitrogens with zero attached hydrogens (tertiary/aromatic N) is 1. The molecule has 1 heterocycles. The number of hydrogen-bond acceptors (Lipinski definition) is 2. The molecule has 2 aromatic carbocycles. The summed E-state index contributed by atoms with van der Waals surface area (Å²) in [6.07, 6.45) is -2.96. The van der Waals surface area contributed by atoms with Crippen molar-refractivity contribution in [3.05, 3.63) is 65.2 Å². The summed E-state index contributed by atoms with van der Waals surface area (Å²) in [5.41, 5.74) is 1.37. The smallest absolute Gasteiger partial charge is 0.325 e. The SMILES string of the molecule is Cc1ccc(CN2CCCC(C(=O)Nc3ccccc3C(F)(F)F)C2)cc1. The van der Waals surface area contributed by atoms with Crippen LogP contribution in [-0.2, 0) is 17.5 Å². The number of carbonyl (C=O) groups excluding carboxylic acids is 1. The molecular formula is C21H23F3N2O. The molecule has 2 aromatic rings. The molecular weight excluding hydrogens is 353 g/mol. The lowest BCUT2D eigenvalue weighted by molar-refractivity contribution is -0.137. The molecule has 6 heteroatoms. The molecule has 27 heavy (non-hydrogen) atoms. The zero-order valence-corrected chi connectivity index (χ0v) is 15.2. The summed E-state index contributed by atoms with van der Waals surface area (Å²) in [5.74, 6) is -0.661. The summed E-state index contributed by atoms with van der Waals surface area (Å²) >= 11 is 0. The first-order valence-electron chi connectivity index (χ1n) is 9.08. The maximum atomic E-state index is 13.1. The average Bonchev–Trinajstić information content (AvgIpc) is 2.63. The van der Waals surface area contributed by atoms with Gasteiger partial charge in [0.1, 0.15) is 0 Å². The Hall–Kier alpha value is -2.34. The summed E-state index contributed by atoms with van der Waals surface area (Å²) in [4.78, 5) is 14.8. The maximum Gasteiger partial charge on any atom is 0.418 e. The van der Waals surface area contributed by atoms with Gasteiger partial charge in [0.25, 0.3) is 0 Å². The standard InChI is InChI=1S/C21H23F3N2O/c1-15-8-10-16(11-9-15)13-26-12-4-5-17(14-26)20(27)25-19-7-3-2-6-18(19)21(22,23)24/h2-3,6-11,17H,4-5,12-14H2,1H3,(H,25,27). The van der Waals surface area contributed by atoms with Gasteiger partial charge in [0.15, 0.2) is 0 Å². The highest BCUT2D eigenvalue weighted by Crippen LogP contribution is 2.35. The second-order valence-electron chi connectivity index (χ2n) is 7.09. The van der Waals surface area contributed by atoms with Gasteiger partial charge in [-0.15, -0.1) is 0 Å². The number of amides is 1. The minimum Gasteiger partial charge on any atom is -0.325 e. The highest BCUT2D eigenvalue weighted by atomic mass is 19.4. The highest BCUT2D eigenvalue weighted by Gasteiger charge is 2.34. The number of hydrogen-bond donors (Lipinski definition) is 1. The van der Waals surface area contributed by atoms with Crippen molar-refractivity contribution in [3.63, 3.8) is 0 Å². The van der Waals surface area contributed by atoms with E-state index < -0.39 is 11.7 Å². The number of aryl methyl sites for hydroxylation is 1. The zero-order valence-electron chi connectivity index (χ0n) is 15.2. The van der Waals surface area contributed by atoms with Gasteiger partial charge in [-0.2, -0.15) is 13.2 Å². The number of para-hydroxylation sites is 1. The molecule has 1 atom stereocenters. The monoisotopic (exact) mass is 376 g/mol. The summed E-state index contributed by atoms with van der Waals surface area (Å²) < 4.78 is 39.3. The predicted octanol–water partition coefficient (Wildman–Crippen LogP) is 4.86. The molecule has 0 aliphatic carbocycles. The van der Waals surface area contributed by atoms with Crippen molar-refractivity contribution in [2.75, 3.05) is 18.4 Å². The van der Waals surface area contributed by atoms with Gasteiger partial charge >= 0.3 is 6.18 Å². The largest absolute Gasteiger partial charge is 0.418 e. The summed E-state index contributed by atoms with van der Waals surface area (Å²) in [6, 6.07) is 13.3. The third-order valence-electron chi connectivity index (χ3n) is 4.89. The highest BCUT2D eigenvalue weighted by molar-refractivity contribution is 5.93. The predicted molar refractivity (Wildman–Crippen MR) is 99.3 cm³/mol. The van der Waals surface area contributed by atoms with Gasteiger partial charge in [-0.25, -0.2) is 0 Å². The van der Waals surface area contributed by atoms with Crippen LogP contribution in [0.1, 0.15) is 29.5 Å². The van der Waals surface area contributed by atoms with Gasteiger partial charge in [0, 0.05) is 13.1 Å². The molecule has 0 saturated carbocycles. The van der Waals surface area contributed by atoms with E-state index in [1.54, 1.807) is 0 Å². The number of rotatable bonds is 4. The normalized spacial score (nSPS) is 18.3. The van der Waals surface area contributed by atoms with E-state index >= 15 is 0 Å². The van der Waals surface area contributed by atoms with E-state index in [4.69, 9.17) is 0 Å². The van der Waals surface area contributed by atoms with Gasteiger partial charge in [0.2, 0.25) is 5.91 Å². The van der Waals surface area contributed by atoms with Crippen molar-refractivity contribution in [1.29, 1.82) is 0 Å².